The minimum Gasteiger partial charge on any atom is -0.368 e. The van der Waals surface area contributed by atoms with E-state index in [2.05, 4.69) is 21.0 Å². The second-order valence-corrected chi connectivity index (χ2v) is 10.00. The van der Waals surface area contributed by atoms with Crippen molar-refractivity contribution >= 4 is 45.2 Å². The molecule has 0 saturated heterocycles. The zero-order valence-electron chi connectivity index (χ0n) is 17.9. The lowest BCUT2D eigenvalue weighted by Gasteiger charge is -2.15. The third-order valence-corrected chi connectivity index (χ3v) is 7.72. The van der Waals surface area contributed by atoms with Crippen LogP contribution >= 0.6 is 23.1 Å². The molecule has 8 nitrogen and oxygen atoms in total. The Morgan fingerprint density at radius 3 is 2.56 bits per heavy atom. The highest BCUT2D eigenvalue weighted by molar-refractivity contribution is 7.98. The van der Waals surface area contributed by atoms with E-state index in [-0.39, 0.29) is 17.5 Å². The predicted molar refractivity (Wildman–Crippen MR) is 130 cm³/mol. The van der Waals surface area contributed by atoms with Gasteiger partial charge in [0.1, 0.15) is 10.7 Å². The number of hydrogen-bond donors (Lipinski definition) is 2. The topological polar surface area (TPSA) is 126 Å². The van der Waals surface area contributed by atoms with E-state index in [9.17, 15) is 4.79 Å². The zero-order chi connectivity index (χ0) is 22.4. The van der Waals surface area contributed by atoms with Gasteiger partial charge in [0.15, 0.2) is 5.16 Å². The van der Waals surface area contributed by atoms with Gasteiger partial charge in [-0.3, -0.25) is 9.36 Å². The lowest BCUT2D eigenvalue weighted by molar-refractivity contribution is 0.699. The SMILES string of the molecule is Cc1ccc(-n2c(SCc3nc(N)nc(N)n3)nc3sc4c(c3c2=O)CCCC4)c(C)c1. The minimum atomic E-state index is -0.0153. The maximum absolute atomic E-state index is 13.9. The molecule has 0 atom stereocenters. The number of nitrogen functional groups attached to an aromatic ring is 2. The molecule has 4 N–H and O–H groups in total. The Bertz CT molecular complexity index is 1390. The molecule has 164 valence electrons. The predicted octanol–water partition coefficient (Wildman–Crippen LogP) is 3.58. The molecule has 0 unspecified atom stereocenters. The van der Waals surface area contributed by atoms with Crippen LogP contribution in [0.3, 0.4) is 0 Å². The fourth-order valence-corrected chi connectivity index (χ4v) is 6.37. The molecule has 0 saturated carbocycles. The highest BCUT2D eigenvalue weighted by Gasteiger charge is 2.23. The highest BCUT2D eigenvalue weighted by Crippen LogP contribution is 2.35. The van der Waals surface area contributed by atoms with Crippen molar-refractivity contribution in [3.8, 4) is 5.69 Å². The number of thioether (sulfide) groups is 1. The third kappa shape index (κ3) is 3.73. The van der Waals surface area contributed by atoms with E-state index in [1.54, 1.807) is 15.9 Å². The van der Waals surface area contributed by atoms with Crippen molar-refractivity contribution in [3.63, 3.8) is 0 Å². The van der Waals surface area contributed by atoms with Crippen LogP contribution in [-0.2, 0) is 18.6 Å². The van der Waals surface area contributed by atoms with Crippen molar-refractivity contribution in [1.29, 1.82) is 0 Å². The third-order valence-electron chi connectivity index (χ3n) is 5.60. The summed E-state index contributed by atoms with van der Waals surface area (Å²) in [7, 11) is 0. The fourth-order valence-electron chi connectivity index (χ4n) is 4.20. The van der Waals surface area contributed by atoms with Gasteiger partial charge < -0.3 is 11.5 Å². The molecule has 3 heterocycles. The Balaban J connectivity index is 1.68. The van der Waals surface area contributed by atoms with Gasteiger partial charge in [-0.2, -0.15) is 15.0 Å². The molecule has 1 aliphatic rings. The van der Waals surface area contributed by atoms with Crippen LogP contribution in [0.15, 0.2) is 28.2 Å². The maximum Gasteiger partial charge on any atom is 0.267 e. The normalized spacial score (nSPS) is 13.4. The number of rotatable bonds is 4. The first-order valence-corrected chi connectivity index (χ1v) is 12.2. The summed E-state index contributed by atoms with van der Waals surface area (Å²) in [4.78, 5) is 33.1. The van der Waals surface area contributed by atoms with Gasteiger partial charge >= 0.3 is 0 Å². The summed E-state index contributed by atoms with van der Waals surface area (Å²) < 4.78 is 1.73. The number of thiophene rings is 1. The molecule has 10 heteroatoms. The summed E-state index contributed by atoms with van der Waals surface area (Å²) in [6.45, 7) is 4.06. The average molecular weight is 466 g/mol. The number of nitrogens with zero attached hydrogens (tertiary/aromatic N) is 5. The molecule has 0 fully saturated rings. The monoisotopic (exact) mass is 465 g/mol. The maximum atomic E-state index is 13.9. The second-order valence-electron chi connectivity index (χ2n) is 7.97. The van der Waals surface area contributed by atoms with Crippen LogP contribution < -0.4 is 17.0 Å². The molecule has 0 aliphatic heterocycles. The molecule has 32 heavy (non-hydrogen) atoms. The number of aryl methyl sites for hydroxylation is 4. The molecular formula is C22H23N7OS2. The minimum absolute atomic E-state index is 0.0153. The average Bonchev–Trinajstić information content (AvgIpc) is 3.11. The van der Waals surface area contributed by atoms with Gasteiger partial charge in [-0.1, -0.05) is 29.5 Å². The Labute approximate surface area is 193 Å². The van der Waals surface area contributed by atoms with Gasteiger partial charge in [-0.15, -0.1) is 11.3 Å². The molecular weight excluding hydrogens is 442 g/mol. The van der Waals surface area contributed by atoms with E-state index >= 15 is 0 Å². The number of benzene rings is 1. The number of anilines is 2. The van der Waals surface area contributed by atoms with Gasteiger partial charge in [0.05, 0.1) is 16.8 Å². The van der Waals surface area contributed by atoms with Crippen molar-refractivity contribution in [2.45, 2.75) is 50.4 Å². The number of aromatic nitrogens is 5. The van der Waals surface area contributed by atoms with Crippen molar-refractivity contribution in [2.24, 2.45) is 0 Å². The van der Waals surface area contributed by atoms with Gasteiger partial charge in [0.25, 0.3) is 5.56 Å². The molecule has 4 aromatic rings. The number of hydrogen-bond acceptors (Lipinski definition) is 9. The quantitative estimate of drug-likeness (QED) is 0.346. The van der Waals surface area contributed by atoms with Crippen LogP contribution in [0.4, 0.5) is 11.9 Å². The summed E-state index contributed by atoms with van der Waals surface area (Å²) in [6.07, 6.45) is 4.23. The number of fused-ring (bicyclic) bond motifs is 3. The van der Waals surface area contributed by atoms with Crippen molar-refractivity contribution < 1.29 is 0 Å². The first kappa shape index (κ1) is 20.9. The molecule has 3 aromatic heterocycles. The largest absolute Gasteiger partial charge is 0.368 e. The molecule has 0 amide bonds. The summed E-state index contributed by atoms with van der Waals surface area (Å²) in [5.41, 5.74) is 15.6. The van der Waals surface area contributed by atoms with E-state index in [0.717, 1.165) is 52.7 Å². The van der Waals surface area contributed by atoms with E-state index in [0.29, 0.717) is 16.7 Å². The van der Waals surface area contributed by atoms with Gasteiger partial charge in [0, 0.05) is 4.88 Å². The Kier molecular flexibility index (Phi) is 5.34. The summed E-state index contributed by atoms with van der Waals surface area (Å²) in [5, 5.41) is 1.37. The molecule has 5 rings (SSSR count). The smallest absolute Gasteiger partial charge is 0.267 e. The first-order valence-electron chi connectivity index (χ1n) is 10.4. The van der Waals surface area contributed by atoms with Crippen LogP contribution in [0.2, 0.25) is 0 Å². The lowest BCUT2D eigenvalue weighted by Crippen LogP contribution is -2.23. The van der Waals surface area contributed by atoms with E-state index < -0.39 is 0 Å². The molecule has 0 bridgehead atoms. The van der Waals surface area contributed by atoms with E-state index in [1.165, 1.54) is 22.2 Å². The summed E-state index contributed by atoms with van der Waals surface area (Å²) >= 11 is 3.04. The number of nitrogens with two attached hydrogens (primary N) is 2. The van der Waals surface area contributed by atoms with Crippen molar-refractivity contribution in [3.05, 3.63) is 55.9 Å². The van der Waals surface area contributed by atoms with E-state index in [1.807, 2.05) is 26.0 Å². The van der Waals surface area contributed by atoms with E-state index in [4.69, 9.17) is 16.5 Å². The first-order chi connectivity index (χ1) is 15.4. The molecule has 0 radical (unpaired) electrons. The van der Waals surface area contributed by atoms with Crippen LogP contribution in [0.1, 0.15) is 40.2 Å². The van der Waals surface area contributed by atoms with Gasteiger partial charge in [-0.05, 0) is 56.7 Å². The fraction of sp³-hybridized carbons (Fsp3) is 0.318. The van der Waals surface area contributed by atoms with Crippen molar-refractivity contribution in [1.82, 2.24) is 24.5 Å². The van der Waals surface area contributed by atoms with Crippen molar-refractivity contribution in [2.75, 3.05) is 11.5 Å². The lowest BCUT2D eigenvalue weighted by atomic mass is 9.97. The van der Waals surface area contributed by atoms with Crippen LogP contribution in [0.25, 0.3) is 15.9 Å². The highest BCUT2D eigenvalue weighted by atomic mass is 32.2. The van der Waals surface area contributed by atoms with Crippen LogP contribution in [0.5, 0.6) is 0 Å². The Morgan fingerprint density at radius 1 is 1.06 bits per heavy atom. The second kappa shape index (κ2) is 8.18. The standard InChI is InChI=1S/C22H23N7OS2/c1-11-7-8-14(12(2)9-11)29-19(30)17-13-5-3-4-6-15(13)32-18(17)27-22(29)31-10-16-25-20(23)28-21(24)26-16/h7-9H,3-6,10H2,1-2H3,(H4,23,24,25,26,28). The molecule has 1 aliphatic carbocycles. The molecule has 1 aromatic carbocycles. The van der Waals surface area contributed by atoms with Crippen LogP contribution in [0, 0.1) is 13.8 Å². The Morgan fingerprint density at radius 2 is 1.81 bits per heavy atom. The summed E-state index contributed by atoms with van der Waals surface area (Å²) in [6, 6.07) is 6.09. The molecule has 0 spiro atoms. The van der Waals surface area contributed by atoms with Gasteiger partial charge in [-0.25, -0.2) is 4.98 Å². The van der Waals surface area contributed by atoms with Gasteiger partial charge in [0.2, 0.25) is 11.9 Å². The Hall–Kier alpha value is -2.98. The zero-order valence-corrected chi connectivity index (χ0v) is 19.5. The van der Waals surface area contributed by atoms with Crippen LogP contribution in [-0.4, -0.2) is 24.5 Å². The summed E-state index contributed by atoms with van der Waals surface area (Å²) in [5.74, 6) is 0.973.